The van der Waals surface area contributed by atoms with Gasteiger partial charge in [0.25, 0.3) is 0 Å². The summed E-state index contributed by atoms with van der Waals surface area (Å²) in [5.74, 6) is -0.642. The van der Waals surface area contributed by atoms with Crippen molar-refractivity contribution in [2.24, 2.45) is 0 Å². The molecule has 1 N–H and O–H groups in total. The molecule has 0 saturated carbocycles. The van der Waals surface area contributed by atoms with Crippen LogP contribution in [-0.2, 0) is 4.79 Å². The van der Waals surface area contributed by atoms with Gasteiger partial charge in [-0.1, -0.05) is 6.08 Å². The van der Waals surface area contributed by atoms with Crippen molar-refractivity contribution in [1.82, 2.24) is 0 Å². The van der Waals surface area contributed by atoms with Crippen LogP contribution < -0.4 is 10.1 Å². The van der Waals surface area contributed by atoms with Crippen molar-refractivity contribution in [2.75, 3.05) is 12.4 Å². The molecule has 0 aromatic heterocycles. The Bertz CT molecular complexity index is 388. The highest BCUT2D eigenvalue weighted by Crippen LogP contribution is 2.20. The molecule has 15 heavy (non-hydrogen) atoms. The summed E-state index contributed by atoms with van der Waals surface area (Å²) in [6.07, 6.45) is 2.97. The molecule has 0 saturated heterocycles. The van der Waals surface area contributed by atoms with Crippen LogP contribution in [0.25, 0.3) is 0 Å². The Kier molecular flexibility index (Phi) is 3.85. The summed E-state index contributed by atoms with van der Waals surface area (Å²) in [7, 11) is 1.39. The molecule has 0 aliphatic heterocycles. The van der Waals surface area contributed by atoms with Crippen LogP contribution in [0.3, 0.4) is 0 Å². The molecule has 1 rings (SSSR count). The number of amides is 1. The molecular weight excluding hydrogens is 197 g/mol. The van der Waals surface area contributed by atoms with E-state index in [1.807, 2.05) is 0 Å². The van der Waals surface area contributed by atoms with Gasteiger partial charge in [-0.15, -0.1) is 0 Å². The Labute approximate surface area is 87.6 Å². The van der Waals surface area contributed by atoms with E-state index in [1.165, 1.54) is 25.3 Å². The lowest BCUT2D eigenvalue weighted by Crippen LogP contribution is -2.07. The van der Waals surface area contributed by atoms with Crippen LogP contribution in [0.2, 0.25) is 0 Å². The number of hydrogen-bond donors (Lipinski definition) is 1. The molecule has 0 unspecified atom stereocenters. The zero-order chi connectivity index (χ0) is 11.3. The average Bonchev–Trinajstić information content (AvgIpc) is 2.18. The number of carbonyl (C=O) groups is 1. The molecular formula is C11H12FNO2. The van der Waals surface area contributed by atoms with Gasteiger partial charge in [-0.25, -0.2) is 4.39 Å². The van der Waals surface area contributed by atoms with E-state index in [0.29, 0.717) is 5.69 Å². The van der Waals surface area contributed by atoms with Crippen LogP contribution in [-0.4, -0.2) is 13.0 Å². The number of nitrogens with one attached hydrogen (secondary N) is 1. The number of rotatable bonds is 3. The van der Waals surface area contributed by atoms with E-state index in [4.69, 9.17) is 4.74 Å². The number of ether oxygens (including phenoxy) is 1. The van der Waals surface area contributed by atoms with Crippen molar-refractivity contribution in [2.45, 2.75) is 6.92 Å². The molecule has 1 aromatic carbocycles. The number of allylic oxidation sites excluding steroid dienone is 1. The first-order chi connectivity index (χ1) is 7.17. The van der Waals surface area contributed by atoms with Crippen LogP contribution in [0.4, 0.5) is 10.1 Å². The summed E-state index contributed by atoms with van der Waals surface area (Å²) in [5.41, 5.74) is 0.399. The van der Waals surface area contributed by atoms with E-state index in [-0.39, 0.29) is 11.7 Å². The van der Waals surface area contributed by atoms with Gasteiger partial charge in [-0.2, -0.15) is 0 Å². The Morgan fingerprint density at radius 1 is 1.53 bits per heavy atom. The molecule has 80 valence electrons. The van der Waals surface area contributed by atoms with Crippen LogP contribution in [0.1, 0.15) is 6.92 Å². The maximum absolute atomic E-state index is 13.2. The predicted molar refractivity (Wildman–Crippen MR) is 56.4 cm³/mol. The smallest absolute Gasteiger partial charge is 0.248 e. The standard InChI is InChI=1S/C11H12FNO2/c1-3-4-11(14)13-8-5-6-10(15-2)9(12)7-8/h3-7H,1-2H3,(H,13,14). The topological polar surface area (TPSA) is 38.3 Å². The SMILES string of the molecule is CC=CC(=O)Nc1ccc(OC)c(F)c1. The van der Waals surface area contributed by atoms with Crippen LogP contribution in [0.5, 0.6) is 5.75 Å². The summed E-state index contributed by atoms with van der Waals surface area (Å²) in [6.45, 7) is 1.73. The first-order valence-corrected chi connectivity index (χ1v) is 4.44. The summed E-state index contributed by atoms with van der Waals surface area (Å²) < 4.78 is 17.9. The second-order valence-corrected chi connectivity index (χ2v) is 2.84. The van der Waals surface area contributed by atoms with E-state index in [0.717, 1.165) is 0 Å². The molecule has 0 atom stereocenters. The molecule has 0 heterocycles. The van der Waals surface area contributed by atoms with Crippen molar-refractivity contribution in [3.63, 3.8) is 0 Å². The Hall–Kier alpha value is -1.84. The molecule has 0 aliphatic carbocycles. The van der Waals surface area contributed by atoms with Gasteiger partial charge >= 0.3 is 0 Å². The minimum Gasteiger partial charge on any atom is -0.494 e. The maximum atomic E-state index is 13.2. The summed E-state index contributed by atoms with van der Waals surface area (Å²) in [5, 5.41) is 2.51. The van der Waals surface area contributed by atoms with Crippen molar-refractivity contribution in [3.05, 3.63) is 36.2 Å². The van der Waals surface area contributed by atoms with E-state index >= 15 is 0 Å². The van der Waals surface area contributed by atoms with Crippen LogP contribution in [0, 0.1) is 5.82 Å². The highest BCUT2D eigenvalue weighted by Gasteiger charge is 2.04. The minimum atomic E-state index is -0.504. The van der Waals surface area contributed by atoms with Gasteiger partial charge in [0.1, 0.15) is 0 Å². The van der Waals surface area contributed by atoms with E-state index in [9.17, 15) is 9.18 Å². The van der Waals surface area contributed by atoms with Gasteiger partial charge in [0, 0.05) is 11.8 Å². The summed E-state index contributed by atoms with van der Waals surface area (Å²) in [4.78, 5) is 11.1. The molecule has 1 amide bonds. The van der Waals surface area contributed by atoms with Gasteiger partial charge in [0.05, 0.1) is 7.11 Å². The van der Waals surface area contributed by atoms with Crippen LogP contribution >= 0.6 is 0 Å². The first-order valence-electron chi connectivity index (χ1n) is 4.44. The molecule has 1 aromatic rings. The summed E-state index contributed by atoms with van der Waals surface area (Å²) in [6, 6.07) is 4.24. The second-order valence-electron chi connectivity index (χ2n) is 2.84. The molecule has 0 radical (unpaired) electrons. The zero-order valence-corrected chi connectivity index (χ0v) is 8.58. The van der Waals surface area contributed by atoms with Gasteiger partial charge in [-0.05, 0) is 25.1 Å². The molecule has 0 spiro atoms. The molecule has 0 fully saturated rings. The van der Waals surface area contributed by atoms with Gasteiger partial charge in [-0.3, -0.25) is 4.79 Å². The Morgan fingerprint density at radius 2 is 2.27 bits per heavy atom. The molecule has 0 aliphatic rings. The van der Waals surface area contributed by atoms with E-state index in [2.05, 4.69) is 5.32 Å². The maximum Gasteiger partial charge on any atom is 0.248 e. The number of benzene rings is 1. The molecule has 4 heteroatoms. The third kappa shape index (κ3) is 3.09. The Balaban J connectivity index is 2.79. The number of anilines is 1. The lowest BCUT2D eigenvalue weighted by Gasteiger charge is -2.05. The van der Waals surface area contributed by atoms with Crippen molar-refractivity contribution < 1.29 is 13.9 Å². The average molecular weight is 209 g/mol. The van der Waals surface area contributed by atoms with E-state index < -0.39 is 5.82 Å². The highest BCUT2D eigenvalue weighted by atomic mass is 19.1. The van der Waals surface area contributed by atoms with Crippen molar-refractivity contribution in [1.29, 1.82) is 0 Å². The fourth-order valence-corrected chi connectivity index (χ4v) is 1.08. The third-order valence-corrected chi connectivity index (χ3v) is 1.74. The van der Waals surface area contributed by atoms with Gasteiger partial charge in [0.2, 0.25) is 5.91 Å². The second kappa shape index (κ2) is 5.14. The van der Waals surface area contributed by atoms with Gasteiger partial charge in [0.15, 0.2) is 11.6 Å². The number of carbonyl (C=O) groups excluding carboxylic acids is 1. The number of hydrogen-bond acceptors (Lipinski definition) is 2. The summed E-state index contributed by atoms with van der Waals surface area (Å²) >= 11 is 0. The number of halogens is 1. The normalized spacial score (nSPS) is 10.3. The largest absolute Gasteiger partial charge is 0.494 e. The highest BCUT2D eigenvalue weighted by molar-refractivity contribution is 5.99. The van der Waals surface area contributed by atoms with Crippen LogP contribution in [0.15, 0.2) is 30.4 Å². The van der Waals surface area contributed by atoms with Crippen molar-refractivity contribution >= 4 is 11.6 Å². The lowest BCUT2D eigenvalue weighted by molar-refractivity contribution is -0.111. The van der Waals surface area contributed by atoms with Gasteiger partial charge < -0.3 is 10.1 Å². The number of methoxy groups -OCH3 is 1. The zero-order valence-electron chi connectivity index (χ0n) is 8.58. The third-order valence-electron chi connectivity index (χ3n) is 1.74. The molecule has 3 nitrogen and oxygen atoms in total. The monoisotopic (exact) mass is 209 g/mol. The lowest BCUT2D eigenvalue weighted by atomic mass is 10.3. The predicted octanol–water partition coefficient (Wildman–Crippen LogP) is 2.35. The first kappa shape index (κ1) is 11.2. The van der Waals surface area contributed by atoms with E-state index in [1.54, 1.807) is 19.1 Å². The fourth-order valence-electron chi connectivity index (χ4n) is 1.08. The minimum absolute atomic E-state index is 0.152. The quantitative estimate of drug-likeness (QED) is 0.776. The fraction of sp³-hybridized carbons (Fsp3) is 0.182. The molecule has 0 bridgehead atoms. The Morgan fingerprint density at radius 3 is 2.80 bits per heavy atom. The van der Waals surface area contributed by atoms with Crippen molar-refractivity contribution in [3.8, 4) is 5.75 Å².